The van der Waals surface area contributed by atoms with Crippen LogP contribution in [0.4, 0.5) is 5.95 Å². The van der Waals surface area contributed by atoms with Crippen LogP contribution >= 0.6 is 0 Å². The van der Waals surface area contributed by atoms with E-state index in [-0.39, 0.29) is 17.4 Å². The number of fused-ring (bicyclic) bond motifs is 1. The molecule has 0 atom stereocenters. The molecule has 0 spiro atoms. The smallest absolute Gasteiger partial charge is 0.332 e. The first kappa shape index (κ1) is 19.9. The van der Waals surface area contributed by atoms with E-state index in [2.05, 4.69) is 15.6 Å². The number of rotatable bonds is 7. The summed E-state index contributed by atoms with van der Waals surface area (Å²) in [6, 6.07) is 9.75. The normalized spacial score (nSPS) is 13.9. The van der Waals surface area contributed by atoms with Crippen LogP contribution in [-0.2, 0) is 25.4 Å². The number of benzene rings is 1. The molecule has 4 rings (SSSR count). The lowest BCUT2D eigenvalue weighted by atomic mass is 9.85. The van der Waals surface area contributed by atoms with E-state index in [0.29, 0.717) is 36.7 Å². The summed E-state index contributed by atoms with van der Waals surface area (Å²) in [4.78, 5) is 41.7. The van der Waals surface area contributed by atoms with Gasteiger partial charge in [-0.2, -0.15) is 4.98 Å². The minimum absolute atomic E-state index is 0.0945. The summed E-state index contributed by atoms with van der Waals surface area (Å²) < 4.78 is 4.26. The van der Waals surface area contributed by atoms with E-state index in [1.54, 1.807) is 11.6 Å². The number of nitrogens with zero attached hydrogens (tertiary/aromatic N) is 4. The Balaban J connectivity index is 1.63. The zero-order valence-electron chi connectivity index (χ0n) is 17.2. The molecule has 3 aromatic rings. The van der Waals surface area contributed by atoms with Gasteiger partial charge >= 0.3 is 5.69 Å². The number of hydrogen-bond acceptors (Lipinski definition) is 5. The van der Waals surface area contributed by atoms with Gasteiger partial charge in [0.1, 0.15) is 0 Å². The molecule has 1 aliphatic rings. The summed E-state index contributed by atoms with van der Waals surface area (Å²) in [5.74, 6) is 0.729. The third-order valence-corrected chi connectivity index (χ3v) is 5.71. The highest BCUT2D eigenvalue weighted by Gasteiger charge is 2.24. The monoisotopic (exact) mass is 410 g/mol. The summed E-state index contributed by atoms with van der Waals surface area (Å²) in [7, 11) is 3.07. The number of anilines is 1. The highest BCUT2D eigenvalue weighted by molar-refractivity contribution is 5.79. The van der Waals surface area contributed by atoms with Crippen LogP contribution in [0.15, 0.2) is 39.9 Å². The highest BCUT2D eigenvalue weighted by Crippen LogP contribution is 2.26. The van der Waals surface area contributed by atoms with Gasteiger partial charge in [-0.15, -0.1) is 0 Å². The number of hydrogen-bond donors (Lipinski definition) is 2. The number of carbonyl (C=O) groups excluding carboxylic acids is 1. The molecule has 1 amide bonds. The highest BCUT2D eigenvalue weighted by atomic mass is 16.2. The molecule has 0 aliphatic heterocycles. The molecule has 0 saturated heterocycles. The Bertz CT molecular complexity index is 1190. The first-order valence-electron chi connectivity index (χ1n) is 10.2. The van der Waals surface area contributed by atoms with E-state index in [1.807, 2.05) is 30.3 Å². The van der Waals surface area contributed by atoms with E-state index in [4.69, 9.17) is 0 Å². The summed E-state index contributed by atoms with van der Waals surface area (Å²) in [5, 5.41) is 6.16. The molecule has 9 heteroatoms. The van der Waals surface area contributed by atoms with Crippen molar-refractivity contribution in [2.24, 2.45) is 20.0 Å². The average Bonchev–Trinajstić information content (AvgIpc) is 3.06. The van der Waals surface area contributed by atoms with Crippen molar-refractivity contribution in [1.82, 2.24) is 24.0 Å². The number of amides is 1. The van der Waals surface area contributed by atoms with Crippen LogP contribution in [-0.4, -0.2) is 37.7 Å². The SMILES string of the molecule is Cn1c(=O)c2c(nc(NCCNC(=O)C3CCC3)n2Cc2ccccc2)n(C)c1=O. The molecule has 1 aliphatic carbocycles. The van der Waals surface area contributed by atoms with E-state index in [1.165, 1.54) is 11.6 Å². The maximum atomic E-state index is 12.9. The molecule has 1 fully saturated rings. The number of nitrogens with one attached hydrogen (secondary N) is 2. The lowest BCUT2D eigenvalue weighted by Crippen LogP contribution is -2.37. The molecule has 0 radical (unpaired) electrons. The standard InChI is InChI=1S/C21H26N6O3/c1-25-17-16(19(29)26(2)21(25)30)27(13-14-7-4-3-5-8-14)20(24-17)23-12-11-22-18(28)15-9-6-10-15/h3-5,7-8,15H,6,9-13H2,1-2H3,(H,22,28)(H,23,24). The molecular formula is C21H26N6O3. The van der Waals surface area contributed by atoms with Crippen molar-refractivity contribution in [3.8, 4) is 0 Å². The van der Waals surface area contributed by atoms with Gasteiger partial charge in [-0.25, -0.2) is 4.79 Å². The zero-order chi connectivity index (χ0) is 21.3. The van der Waals surface area contributed by atoms with E-state index in [9.17, 15) is 14.4 Å². The largest absolute Gasteiger partial charge is 0.354 e. The van der Waals surface area contributed by atoms with Gasteiger partial charge in [-0.3, -0.25) is 23.3 Å². The van der Waals surface area contributed by atoms with Crippen LogP contribution in [0.1, 0.15) is 24.8 Å². The maximum absolute atomic E-state index is 12.9. The van der Waals surface area contributed by atoms with Crippen molar-refractivity contribution in [3.05, 3.63) is 56.7 Å². The van der Waals surface area contributed by atoms with Crippen molar-refractivity contribution in [1.29, 1.82) is 0 Å². The lowest BCUT2D eigenvalue weighted by molar-refractivity contribution is -0.127. The fraction of sp³-hybridized carbons (Fsp3) is 0.429. The van der Waals surface area contributed by atoms with Crippen LogP contribution in [0.3, 0.4) is 0 Å². The summed E-state index contributed by atoms with van der Waals surface area (Å²) in [5.41, 5.74) is 0.901. The van der Waals surface area contributed by atoms with Crippen LogP contribution in [0.2, 0.25) is 0 Å². The Morgan fingerprint density at radius 3 is 2.50 bits per heavy atom. The van der Waals surface area contributed by atoms with Gasteiger partial charge in [0.2, 0.25) is 11.9 Å². The summed E-state index contributed by atoms with van der Waals surface area (Å²) >= 11 is 0. The van der Waals surface area contributed by atoms with E-state index >= 15 is 0 Å². The van der Waals surface area contributed by atoms with Crippen molar-refractivity contribution >= 4 is 23.0 Å². The van der Waals surface area contributed by atoms with Gasteiger partial charge in [0.05, 0.1) is 6.54 Å². The third kappa shape index (κ3) is 3.62. The molecule has 30 heavy (non-hydrogen) atoms. The molecule has 158 valence electrons. The Kier molecular flexibility index (Phi) is 5.43. The van der Waals surface area contributed by atoms with Crippen molar-refractivity contribution in [3.63, 3.8) is 0 Å². The number of aryl methyl sites for hydroxylation is 1. The van der Waals surface area contributed by atoms with Gasteiger partial charge in [-0.1, -0.05) is 36.8 Å². The fourth-order valence-electron chi connectivity index (χ4n) is 3.68. The predicted molar refractivity (Wildman–Crippen MR) is 115 cm³/mol. The fourth-order valence-corrected chi connectivity index (χ4v) is 3.68. The molecule has 1 saturated carbocycles. The Morgan fingerprint density at radius 1 is 1.10 bits per heavy atom. The minimum atomic E-state index is -0.420. The van der Waals surface area contributed by atoms with Gasteiger partial charge in [0.15, 0.2) is 11.2 Å². The van der Waals surface area contributed by atoms with Gasteiger partial charge < -0.3 is 10.6 Å². The zero-order valence-corrected chi connectivity index (χ0v) is 17.2. The van der Waals surface area contributed by atoms with Gasteiger partial charge in [0, 0.05) is 33.1 Å². The maximum Gasteiger partial charge on any atom is 0.332 e. The molecule has 0 unspecified atom stereocenters. The molecule has 0 bridgehead atoms. The second-order valence-electron chi connectivity index (χ2n) is 7.73. The van der Waals surface area contributed by atoms with Crippen LogP contribution in [0.5, 0.6) is 0 Å². The molecule has 9 nitrogen and oxygen atoms in total. The lowest BCUT2D eigenvalue weighted by Gasteiger charge is -2.24. The van der Waals surface area contributed by atoms with Crippen molar-refractivity contribution < 1.29 is 4.79 Å². The van der Waals surface area contributed by atoms with Crippen LogP contribution < -0.4 is 21.9 Å². The Hall–Kier alpha value is -3.36. The van der Waals surface area contributed by atoms with Crippen molar-refractivity contribution in [2.45, 2.75) is 25.8 Å². The number of carbonyl (C=O) groups is 1. The summed E-state index contributed by atoms with van der Waals surface area (Å²) in [6.45, 7) is 1.35. The molecule has 1 aromatic carbocycles. The quantitative estimate of drug-likeness (QED) is 0.561. The first-order chi connectivity index (χ1) is 14.5. The Labute approximate surface area is 173 Å². The average molecular weight is 410 g/mol. The number of aromatic nitrogens is 4. The van der Waals surface area contributed by atoms with E-state index in [0.717, 1.165) is 29.4 Å². The third-order valence-electron chi connectivity index (χ3n) is 5.71. The molecule has 2 N–H and O–H groups in total. The van der Waals surface area contributed by atoms with Crippen LogP contribution in [0.25, 0.3) is 11.2 Å². The summed E-state index contributed by atoms with van der Waals surface area (Å²) in [6.07, 6.45) is 3.04. The van der Waals surface area contributed by atoms with Crippen LogP contribution in [0, 0.1) is 5.92 Å². The predicted octanol–water partition coefficient (Wildman–Crippen LogP) is 0.810. The minimum Gasteiger partial charge on any atom is -0.354 e. The van der Waals surface area contributed by atoms with E-state index < -0.39 is 5.69 Å². The first-order valence-corrected chi connectivity index (χ1v) is 10.2. The van der Waals surface area contributed by atoms with Crippen molar-refractivity contribution in [2.75, 3.05) is 18.4 Å². The molecule has 2 aromatic heterocycles. The van der Waals surface area contributed by atoms with Gasteiger partial charge in [0.25, 0.3) is 5.56 Å². The molecule has 2 heterocycles. The Morgan fingerprint density at radius 2 is 1.83 bits per heavy atom. The number of imidazole rings is 1. The second kappa shape index (κ2) is 8.17. The topological polar surface area (TPSA) is 103 Å². The second-order valence-corrected chi connectivity index (χ2v) is 7.73. The van der Waals surface area contributed by atoms with Gasteiger partial charge in [-0.05, 0) is 18.4 Å². The molecular weight excluding hydrogens is 384 g/mol.